The van der Waals surface area contributed by atoms with Gasteiger partial charge in [0.25, 0.3) is 11.8 Å². The number of rotatable bonds is 4. The van der Waals surface area contributed by atoms with Crippen LogP contribution in [0.25, 0.3) is 17.4 Å². The van der Waals surface area contributed by atoms with Gasteiger partial charge in [0.15, 0.2) is 11.5 Å². The summed E-state index contributed by atoms with van der Waals surface area (Å²) >= 11 is 12.1. The minimum absolute atomic E-state index is 0.0310. The molecule has 5 rings (SSSR count). The second-order valence-corrected chi connectivity index (χ2v) is 8.70. The molecule has 2 aliphatic heterocycles. The normalized spacial score (nSPS) is 16.3. The zero-order chi connectivity index (χ0) is 24.7. The predicted molar refractivity (Wildman–Crippen MR) is 129 cm³/mol. The highest BCUT2D eigenvalue weighted by Crippen LogP contribution is 2.35. The second kappa shape index (κ2) is 8.99. The molecule has 9 heteroatoms. The Labute approximate surface area is 210 Å². The molecule has 0 atom stereocenters. The molecule has 2 aromatic carbocycles. The highest BCUT2D eigenvalue weighted by Gasteiger charge is 2.36. The number of hydrogen-bond donors (Lipinski definition) is 0. The second-order valence-electron chi connectivity index (χ2n) is 7.88. The van der Waals surface area contributed by atoms with E-state index >= 15 is 0 Å². The highest BCUT2D eigenvalue weighted by molar-refractivity contribution is 6.42. The number of amides is 2. The smallest absolute Gasteiger partial charge is 0.271 e. The van der Waals surface area contributed by atoms with E-state index in [4.69, 9.17) is 37.1 Å². The number of nitrogens with zero attached hydrogens (tertiary/aromatic N) is 2. The lowest BCUT2D eigenvalue weighted by molar-refractivity contribution is -0.141. The number of imide groups is 1. The van der Waals surface area contributed by atoms with E-state index < -0.39 is 11.8 Å². The molecule has 0 bridgehead atoms. The molecule has 0 radical (unpaired) electrons. The lowest BCUT2D eigenvalue weighted by Gasteiger charge is -2.27. The van der Waals surface area contributed by atoms with Crippen molar-refractivity contribution in [3.8, 4) is 28.9 Å². The third-order valence-electron chi connectivity index (χ3n) is 5.72. The minimum atomic E-state index is -0.652. The third-order valence-corrected chi connectivity index (χ3v) is 6.46. The van der Waals surface area contributed by atoms with Crippen LogP contribution in [0.15, 0.2) is 69.7 Å². The fraction of sp³-hybridized carbons (Fsp3) is 0.115. The lowest BCUT2D eigenvalue weighted by atomic mass is 9.94. The van der Waals surface area contributed by atoms with Crippen LogP contribution in [-0.2, 0) is 16.1 Å². The number of carbonyl (C=O) groups excluding carboxylic acids is 2. The summed E-state index contributed by atoms with van der Waals surface area (Å²) in [6, 6.07) is 15.6. The van der Waals surface area contributed by atoms with Crippen molar-refractivity contribution in [2.24, 2.45) is 0 Å². The van der Waals surface area contributed by atoms with E-state index in [0.717, 1.165) is 4.90 Å². The summed E-state index contributed by atoms with van der Waals surface area (Å²) in [6.07, 6.45) is 1.52. The van der Waals surface area contributed by atoms with Gasteiger partial charge in [-0.2, -0.15) is 5.26 Å². The van der Waals surface area contributed by atoms with Crippen LogP contribution in [0.1, 0.15) is 18.2 Å². The quantitative estimate of drug-likeness (QED) is 0.329. The predicted octanol–water partition coefficient (Wildman–Crippen LogP) is 5.77. The SMILES string of the molecule is CC1=C(C#N)C(=O)N(Cc2ccc3c(c2)OCO3)C(=O)/C1=C/c1ccc(-c2ccc(Cl)c(Cl)c2)o1. The van der Waals surface area contributed by atoms with E-state index in [1.165, 1.54) is 6.08 Å². The van der Waals surface area contributed by atoms with Crippen molar-refractivity contribution in [3.05, 3.63) is 86.6 Å². The first-order chi connectivity index (χ1) is 16.9. The maximum atomic E-state index is 13.4. The molecular weight excluding hydrogens is 491 g/mol. The molecule has 0 N–H and O–H groups in total. The number of benzene rings is 2. The Morgan fingerprint density at radius 3 is 2.57 bits per heavy atom. The van der Waals surface area contributed by atoms with Gasteiger partial charge in [-0.05, 0) is 66.6 Å². The van der Waals surface area contributed by atoms with Gasteiger partial charge in [0.1, 0.15) is 23.2 Å². The van der Waals surface area contributed by atoms with Gasteiger partial charge in [0.05, 0.1) is 16.6 Å². The molecule has 0 aliphatic carbocycles. The van der Waals surface area contributed by atoms with Gasteiger partial charge in [-0.15, -0.1) is 0 Å². The zero-order valence-corrected chi connectivity index (χ0v) is 19.8. The number of hydrogen-bond acceptors (Lipinski definition) is 6. The minimum Gasteiger partial charge on any atom is -0.457 e. The summed E-state index contributed by atoms with van der Waals surface area (Å²) in [5.74, 6) is 0.845. The van der Waals surface area contributed by atoms with Gasteiger partial charge in [0.2, 0.25) is 6.79 Å². The number of halogens is 2. The zero-order valence-electron chi connectivity index (χ0n) is 18.3. The van der Waals surface area contributed by atoms with E-state index in [-0.39, 0.29) is 30.1 Å². The van der Waals surface area contributed by atoms with Gasteiger partial charge in [-0.3, -0.25) is 14.5 Å². The van der Waals surface area contributed by atoms with Crippen molar-refractivity contribution >= 4 is 41.1 Å². The fourth-order valence-electron chi connectivity index (χ4n) is 3.87. The third kappa shape index (κ3) is 4.18. The summed E-state index contributed by atoms with van der Waals surface area (Å²) in [7, 11) is 0. The van der Waals surface area contributed by atoms with Gasteiger partial charge >= 0.3 is 0 Å². The van der Waals surface area contributed by atoms with Gasteiger partial charge < -0.3 is 13.9 Å². The summed E-state index contributed by atoms with van der Waals surface area (Å²) in [6.45, 7) is 1.65. The van der Waals surface area contributed by atoms with Crippen LogP contribution >= 0.6 is 23.2 Å². The van der Waals surface area contributed by atoms with E-state index in [9.17, 15) is 14.9 Å². The molecule has 0 unspecified atom stereocenters. The van der Waals surface area contributed by atoms with Crippen LogP contribution in [-0.4, -0.2) is 23.5 Å². The standard InChI is InChI=1S/C26H16Cl2N2O5/c1-14-18(10-17-4-7-22(35-17)16-3-5-20(27)21(28)9-16)25(31)30(26(32)19(14)11-29)12-15-2-6-23-24(8-15)34-13-33-23/h2-10H,12-13H2,1H3/b18-10+. The Morgan fingerprint density at radius 1 is 1.00 bits per heavy atom. The molecule has 174 valence electrons. The van der Waals surface area contributed by atoms with Crippen molar-refractivity contribution in [3.63, 3.8) is 0 Å². The first-order valence-corrected chi connectivity index (χ1v) is 11.2. The largest absolute Gasteiger partial charge is 0.457 e. The Morgan fingerprint density at radius 2 is 1.80 bits per heavy atom. The number of furan rings is 1. The molecule has 1 aromatic heterocycles. The summed E-state index contributed by atoms with van der Waals surface area (Å²) in [4.78, 5) is 27.4. The molecule has 3 heterocycles. The molecule has 0 fully saturated rings. The number of nitriles is 1. The van der Waals surface area contributed by atoms with Crippen LogP contribution < -0.4 is 9.47 Å². The summed E-state index contributed by atoms with van der Waals surface area (Å²) in [5.41, 5.74) is 1.75. The molecule has 3 aromatic rings. The van der Waals surface area contributed by atoms with Crippen molar-refractivity contribution in [2.75, 3.05) is 6.79 Å². The monoisotopic (exact) mass is 506 g/mol. The maximum absolute atomic E-state index is 13.4. The Hall–Kier alpha value is -3.99. The van der Waals surface area contributed by atoms with Crippen LogP contribution in [0.5, 0.6) is 11.5 Å². The molecule has 0 spiro atoms. The van der Waals surface area contributed by atoms with Crippen molar-refractivity contribution in [2.45, 2.75) is 13.5 Å². The first-order valence-electron chi connectivity index (χ1n) is 10.5. The van der Waals surface area contributed by atoms with E-state index in [2.05, 4.69) is 0 Å². The molecule has 7 nitrogen and oxygen atoms in total. The first kappa shape index (κ1) is 22.8. The van der Waals surface area contributed by atoms with Crippen molar-refractivity contribution < 1.29 is 23.5 Å². The van der Waals surface area contributed by atoms with Crippen LogP contribution in [0.2, 0.25) is 10.0 Å². The average molecular weight is 507 g/mol. The molecule has 0 saturated heterocycles. The Balaban J connectivity index is 1.48. The van der Waals surface area contributed by atoms with Gasteiger partial charge in [-0.25, -0.2) is 0 Å². The molecular formula is C26H16Cl2N2O5. The number of carbonyl (C=O) groups is 2. The fourth-order valence-corrected chi connectivity index (χ4v) is 4.17. The molecule has 2 amide bonds. The van der Waals surface area contributed by atoms with Crippen molar-refractivity contribution in [1.82, 2.24) is 4.90 Å². The lowest BCUT2D eigenvalue weighted by Crippen LogP contribution is -2.42. The van der Waals surface area contributed by atoms with E-state index in [1.807, 2.05) is 6.07 Å². The molecule has 2 aliphatic rings. The summed E-state index contributed by atoms with van der Waals surface area (Å²) < 4.78 is 16.6. The summed E-state index contributed by atoms with van der Waals surface area (Å²) in [5, 5.41) is 10.4. The molecule has 0 saturated carbocycles. The van der Waals surface area contributed by atoms with Crippen LogP contribution in [0.4, 0.5) is 0 Å². The maximum Gasteiger partial charge on any atom is 0.271 e. The molecule has 35 heavy (non-hydrogen) atoms. The van der Waals surface area contributed by atoms with Crippen molar-refractivity contribution in [1.29, 1.82) is 5.26 Å². The topological polar surface area (TPSA) is 92.8 Å². The van der Waals surface area contributed by atoms with E-state index in [0.29, 0.717) is 44.2 Å². The van der Waals surface area contributed by atoms with E-state index in [1.54, 1.807) is 55.5 Å². The van der Waals surface area contributed by atoms with Crippen LogP contribution in [0.3, 0.4) is 0 Å². The average Bonchev–Trinajstić information content (AvgIpc) is 3.51. The highest BCUT2D eigenvalue weighted by atomic mass is 35.5. The van der Waals surface area contributed by atoms with Gasteiger partial charge in [-0.1, -0.05) is 29.3 Å². The number of fused-ring (bicyclic) bond motifs is 1. The van der Waals surface area contributed by atoms with Crippen LogP contribution in [0, 0.1) is 11.3 Å². The Kier molecular flexibility index (Phi) is 5.85. The van der Waals surface area contributed by atoms with Gasteiger partial charge in [0, 0.05) is 11.1 Å². The Bertz CT molecular complexity index is 1500. The number of ether oxygens (including phenoxy) is 2.